The first-order valence-electron chi connectivity index (χ1n) is 12.0. The molecule has 0 amide bonds. The van der Waals surface area contributed by atoms with Crippen LogP contribution in [0, 0.1) is 29.3 Å². The highest BCUT2D eigenvalue weighted by molar-refractivity contribution is 5.92. The highest BCUT2D eigenvalue weighted by Crippen LogP contribution is 2.37. The fourth-order valence-electron chi connectivity index (χ4n) is 5.05. The number of halogens is 4. The maximum Gasteiger partial charge on any atom is 0.335 e. The SMILES string of the molecule is CCCCCC[C@H]1CC[C@H](C(F)Cc2c(C(=O)O)cccc2-c2cc(F)c(F)c(F)c2)CC1. The summed E-state index contributed by atoms with van der Waals surface area (Å²) in [5.41, 5.74) is 0.280. The average molecular weight is 465 g/mol. The van der Waals surface area contributed by atoms with Crippen molar-refractivity contribution in [3.63, 3.8) is 0 Å². The molecule has 0 bridgehead atoms. The van der Waals surface area contributed by atoms with E-state index in [-0.39, 0.29) is 34.6 Å². The van der Waals surface area contributed by atoms with E-state index < -0.39 is 29.6 Å². The van der Waals surface area contributed by atoms with Crippen molar-refractivity contribution in [2.75, 3.05) is 0 Å². The van der Waals surface area contributed by atoms with Gasteiger partial charge in [0, 0.05) is 6.42 Å². The van der Waals surface area contributed by atoms with Crippen molar-refractivity contribution >= 4 is 5.97 Å². The second-order valence-electron chi connectivity index (χ2n) is 9.24. The monoisotopic (exact) mass is 464 g/mol. The molecule has 1 saturated carbocycles. The lowest BCUT2D eigenvalue weighted by Gasteiger charge is -2.31. The molecule has 2 aromatic rings. The van der Waals surface area contributed by atoms with Crippen LogP contribution in [0.1, 0.15) is 80.6 Å². The van der Waals surface area contributed by atoms with Gasteiger partial charge in [-0.2, -0.15) is 0 Å². The summed E-state index contributed by atoms with van der Waals surface area (Å²) in [5, 5.41) is 9.64. The molecule has 1 N–H and O–H groups in total. The summed E-state index contributed by atoms with van der Waals surface area (Å²) in [4.78, 5) is 11.8. The number of carboxylic acids is 1. The Hall–Kier alpha value is -2.37. The Labute approximate surface area is 193 Å². The Balaban J connectivity index is 1.76. The summed E-state index contributed by atoms with van der Waals surface area (Å²) in [6.07, 6.45) is 8.10. The van der Waals surface area contributed by atoms with Crippen LogP contribution >= 0.6 is 0 Å². The van der Waals surface area contributed by atoms with E-state index in [0.29, 0.717) is 5.92 Å². The van der Waals surface area contributed by atoms with E-state index in [1.165, 1.54) is 50.3 Å². The second-order valence-corrected chi connectivity index (χ2v) is 9.24. The molecule has 1 aliphatic carbocycles. The van der Waals surface area contributed by atoms with Crippen LogP contribution in [-0.4, -0.2) is 17.2 Å². The summed E-state index contributed by atoms with van der Waals surface area (Å²) in [6.45, 7) is 2.18. The second kappa shape index (κ2) is 11.7. The first kappa shape index (κ1) is 25.3. The number of rotatable bonds is 10. The lowest BCUT2D eigenvalue weighted by atomic mass is 9.76. The van der Waals surface area contributed by atoms with Crippen LogP contribution in [0.5, 0.6) is 0 Å². The normalized spacial score (nSPS) is 19.4. The van der Waals surface area contributed by atoms with Crippen molar-refractivity contribution < 1.29 is 27.5 Å². The number of hydrogen-bond donors (Lipinski definition) is 1. The summed E-state index contributed by atoms with van der Waals surface area (Å²) in [7, 11) is 0. The minimum Gasteiger partial charge on any atom is -0.478 e. The quantitative estimate of drug-likeness (QED) is 0.219. The van der Waals surface area contributed by atoms with Crippen LogP contribution < -0.4 is 0 Å². The third kappa shape index (κ3) is 6.36. The highest BCUT2D eigenvalue weighted by atomic mass is 19.2. The smallest absolute Gasteiger partial charge is 0.335 e. The van der Waals surface area contributed by atoms with Gasteiger partial charge in [0.2, 0.25) is 0 Å². The molecule has 3 rings (SSSR count). The Kier molecular flexibility index (Phi) is 8.93. The van der Waals surface area contributed by atoms with Crippen molar-refractivity contribution in [1.82, 2.24) is 0 Å². The Morgan fingerprint density at radius 2 is 1.70 bits per heavy atom. The number of benzene rings is 2. The first-order chi connectivity index (χ1) is 15.8. The van der Waals surface area contributed by atoms with Gasteiger partial charge >= 0.3 is 5.97 Å². The predicted molar refractivity (Wildman–Crippen MR) is 122 cm³/mol. The van der Waals surface area contributed by atoms with Gasteiger partial charge < -0.3 is 5.11 Å². The van der Waals surface area contributed by atoms with E-state index in [1.807, 2.05) is 0 Å². The van der Waals surface area contributed by atoms with Crippen LogP contribution in [0.25, 0.3) is 11.1 Å². The van der Waals surface area contributed by atoms with Gasteiger partial charge in [-0.1, -0.05) is 64.0 Å². The first-order valence-corrected chi connectivity index (χ1v) is 12.0. The number of carboxylic acid groups (broad SMARTS) is 1. The third-order valence-electron chi connectivity index (χ3n) is 6.97. The summed E-state index contributed by atoms with van der Waals surface area (Å²) >= 11 is 0. The van der Waals surface area contributed by atoms with E-state index in [4.69, 9.17) is 0 Å². The molecule has 6 heteroatoms. The lowest BCUT2D eigenvalue weighted by Crippen LogP contribution is -2.25. The van der Waals surface area contributed by atoms with Gasteiger partial charge in [-0.05, 0) is 59.6 Å². The maximum absolute atomic E-state index is 15.4. The topological polar surface area (TPSA) is 37.3 Å². The van der Waals surface area contributed by atoms with Crippen LogP contribution in [0.3, 0.4) is 0 Å². The maximum atomic E-state index is 15.4. The number of alkyl halides is 1. The number of unbranched alkanes of at least 4 members (excludes halogenated alkanes) is 3. The molecule has 1 aliphatic rings. The van der Waals surface area contributed by atoms with E-state index in [1.54, 1.807) is 0 Å². The average Bonchev–Trinajstić information content (AvgIpc) is 2.80. The van der Waals surface area contributed by atoms with Crippen LogP contribution in [-0.2, 0) is 6.42 Å². The summed E-state index contributed by atoms with van der Waals surface area (Å²) in [5.74, 6) is -5.12. The van der Waals surface area contributed by atoms with Crippen LogP contribution in [0.15, 0.2) is 30.3 Å². The molecule has 1 fully saturated rings. The van der Waals surface area contributed by atoms with Crippen LogP contribution in [0.2, 0.25) is 0 Å². The Bertz CT molecular complexity index is 928. The standard InChI is InChI=1S/C27H32F4O2/c1-2-3-4-5-7-17-10-12-18(13-11-17)23(28)16-22-20(8-6-9-21(22)27(32)33)19-14-24(29)26(31)25(30)15-19/h6,8-9,14-15,17-18,23H,2-5,7,10-13,16H2,1H3,(H,32,33)/t17-,18-,23?. The van der Waals surface area contributed by atoms with Crippen molar-refractivity contribution in [1.29, 1.82) is 0 Å². The molecule has 0 spiro atoms. The number of carbonyl (C=O) groups is 1. The Morgan fingerprint density at radius 1 is 1.03 bits per heavy atom. The zero-order chi connectivity index (χ0) is 24.0. The van der Waals surface area contributed by atoms with Gasteiger partial charge in [-0.3, -0.25) is 0 Å². The molecular weight excluding hydrogens is 432 g/mol. The van der Waals surface area contributed by atoms with E-state index >= 15 is 4.39 Å². The zero-order valence-corrected chi connectivity index (χ0v) is 19.1. The Morgan fingerprint density at radius 3 is 2.30 bits per heavy atom. The van der Waals surface area contributed by atoms with Gasteiger partial charge in [0.05, 0.1) is 5.56 Å². The molecule has 1 unspecified atom stereocenters. The molecule has 33 heavy (non-hydrogen) atoms. The van der Waals surface area contributed by atoms with Gasteiger partial charge in [0.1, 0.15) is 6.17 Å². The lowest BCUT2D eigenvalue weighted by molar-refractivity contribution is 0.0694. The van der Waals surface area contributed by atoms with Crippen LogP contribution in [0.4, 0.5) is 17.6 Å². The molecule has 0 aromatic heterocycles. The third-order valence-corrected chi connectivity index (χ3v) is 6.97. The van der Waals surface area contributed by atoms with Crippen molar-refractivity contribution in [2.24, 2.45) is 11.8 Å². The molecule has 2 aromatic carbocycles. The number of aromatic carboxylic acids is 1. The van der Waals surface area contributed by atoms with Crippen molar-refractivity contribution in [2.45, 2.75) is 77.3 Å². The minimum absolute atomic E-state index is 0.00696. The zero-order valence-electron chi connectivity index (χ0n) is 19.1. The minimum atomic E-state index is -1.59. The van der Waals surface area contributed by atoms with E-state index in [0.717, 1.165) is 37.8 Å². The molecule has 0 saturated heterocycles. The van der Waals surface area contributed by atoms with Crippen molar-refractivity contribution in [3.05, 3.63) is 58.9 Å². The van der Waals surface area contributed by atoms with Crippen molar-refractivity contribution in [3.8, 4) is 11.1 Å². The van der Waals surface area contributed by atoms with Gasteiger partial charge in [0.25, 0.3) is 0 Å². The van der Waals surface area contributed by atoms with Gasteiger partial charge in [-0.25, -0.2) is 22.4 Å². The molecule has 1 atom stereocenters. The fraction of sp³-hybridized carbons (Fsp3) is 0.519. The van der Waals surface area contributed by atoms with E-state index in [2.05, 4.69) is 6.92 Å². The summed E-state index contributed by atoms with van der Waals surface area (Å²) < 4.78 is 56.5. The molecule has 0 heterocycles. The largest absolute Gasteiger partial charge is 0.478 e. The van der Waals surface area contributed by atoms with E-state index in [9.17, 15) is 23.1 Å². The van der Waals surface area contributed by atoms with Gasteiger partial charge in [0.15, 0.2) is 17.5 Å². The molecule has 0 aliphatic heterocycles. The predicted octanol–water partition coefficient (Wildman–Crippen LogP) is 8.13. The highest BCUT2D eigenvalue weighted by Gasteiger charge is 2.29. The number of hydrogen-bond acceptors (Lipinski definition) is 1. The summed E-state index contributed by atoms with van der Waals surface area (Å²) in [6, 6.07) is 5.93. The molecule has 2 nitrogen and oxygen atoms in total. The molecular formula is C27H32F4O2. The molecule has 0 radical (unpaired) electrons. The van der Waals surface area contributed by atoms with Gasteiger partial charge in [-0.15, -0.1) is 0 Å². The fourth-order valence-corrected chi connectivity index (χ4v) is 5.05. The molecule has 180 valence electrons.